The summed E-state index contributed by atoms with van der Waals surface area (Å²) in [7, 11) is 1.94. The van der Waals surface area contributed by atoms with E-state index in [1.165, 1.54) is 0 Å². The Labute approximate surface area is 154 Å². The minimum atomic E-state index is 0.0191. The second kappa shape index (κ2) is 6.94. The van der Waals surface area contributed by atoms with E-state index < -0.39 is 0 Å². The molecule has 0 spiro atoms. The summed E-state index contributed by atoms with van der Waals surface area (Å²) in [6.07, 6.45) is 3.56. The quantitative estimate of drug-likeness (QED) is 0.707. The number of hydrogen-bond acceptors (Lipinski definition) is 3. The van der Waals surface area contributed by atoms with Gasteiger partial charge in [-0.3, -0.25) is 9.48 Å². The highest BCUT2D eigenvalue weighted by atomic mass is 16.2. The standard InChI is InChI=1S/C20H27N5O/c1-13(2)11-24(12-18-15(4)22-23(6)16(18)5)20(26)17-10-21-25-9-7-8-14(3)19(17)25/h7-10,13H,11-12H2,1-6H3. The zero-order valence-electron chi connectivity index (χ0n) is 16.4. The Morgan fingerprint density at radius 2 is 2.00 bits per heavy atom. The average Bonchev–Trinajstić information content (AvgIpc) is 3.11. The number of rotatable bonds is 5. The summed E-state index contributed by atoms with van der Waals surface area (Å²) in [5, 5.41) is 8.85. The molecule has 1 amide bonds. The predicted molar refractivity (Wildman–Crippen MR) is 102 cm³/mol. The van der Waals surface area contributed by atoms with Crippen LogP contribution >= 0.6 is 0 Å². The molecule has 0 saturated carbocycles. The van der Waals surface area contributed by atoms with Crippen LogP contribution in [-0.4, -0.2) is 36.7 Å². The van der Waals surface area contributed by atoms with Gasteiger partial charge in [0.15, 0.2) is 0 Å². The molecule has 3 aromatic rings. The highest BCUT2D eigenvalue weighted by molar-refractivity contribution is 6.01. The lowest BCUT2D eigenvalue weighted by Gasteiger charge is -2.25. The third kappa shape index (κ3) is 3.23. The van der Waals surface area contributed by atoms with Crippen molar-refractivity contribution in [3.8, 4) is 0 Å². The maximum atomic E-state index is 13.4. The average molecular weight is 353 g/mol. The molecule has 138 valence electrons. The topological polar surface area (TPSA) is 55.4 Å². The van der Waals surface area contributed by atoms with Crippen LogP contribution in [0.1, 0.15) is 46.7 Å². The second-order valence-corrected chi connectivity index (χ2v) is 7.40. The maximum Gasteiger partial charge on any atom is 0.258 e. The first-order valence-electron chi connectivity index (χ1n) is 9.01. The monoisotopic (exact) mass is 353 g/mol. The highest BCUT2D eigenvalue weighted by Gasteiger charge is 2.24. The fourth-order valence-electron chi connectivity index (χ4n) is 3.44. The van der Waals surface area contributed by atoms with E-state index in [2.05, 4.69) is 24.0 Å². The molecule has 0 aliphatic carbocycles. The molecule has 0 radical (unpaired) electrons. The van der Waals surface area contributed by atoms with E-state index in [-0.39, 0.29) is 5.91 Å². The van der Waals surface area contributed by atoms with Crippen molar-refractivity contribution in [3.63, 3.8) is 0 Å². The third-order valence-electron chi connectivity index (χ3n) is 4.85. The molecular formula is C20H27N5O. The van der Waals surface area contributed by atoms with Gasteiger partial charge in [0.25, 0.3) is 5.91 Å². The van der Waals surface area contributed by atoms with Gasteiger partial charge in [-0.25, -0.2) is 4.52 Å². The number of amides is 1. The lowest BCUT2D eigenvalue weighted by atomic mass is 10.1. The molecule has 3 aromatic heterocycles. The molecule has 0 N–H and O–H groups in total. The van der Waals surface area contributed by atoms with E-state index in [4.69, 9.17) is 0 Å². The van der Waals surface area contributed by atoms with E-state index in [1.54, 1.807) is 10.7 Å². The van der Waals surface area contributed by atoms with Crippen LogP contribution in [0.5, 0.6) is 0 Å². The van der Waals surface area contributed by atoms with Crippen molar-refractivity contribution in [1.82, 2.24) is 24.3 Å². The molecule has 6 nitrogen and oxygen atoms in total. The number of carbonyl (C=O) groups is 1. The van der Waals surface area contributed by atoms with Gasteiger partial charge in [-0.15, -0.1) is 0 Å². The Morgan fingerprint density at radius 1 is 1.27 bits per heavy atom. The molecule has 0 unspecified atom stereocenters. The number of nitrogens with zero attached hydrogens (tertiary/aromatic N) is 5. The van der Waals surface area contributed by atoms with E-state index in [0.717, 1.165) is 28.0 Å². The summed E-state index contributed by atoms with van der Waals surface area (Å²) in [6, 6.07) is 3.95. The lowest BCUT2D eigenvalue weighted by Crippen LogP contribution is -2.34. The number of hydrogen-bond donors (Lipinski definition) is 0. The molecule has 0 bridgehead atoms. The first kappa shape index (κ1) is 18.2. The van der Waals surface area contributed by atoms with Gasteiger partial charge in [0.1, 0.15) is 0 Å². The lowest BCUT2D eigenvalue weighted by molar-refractivity contribution is 0.0724. The minimum Gasteiger partial charge on any atom is -0.334 e. The molecule has 0 aliphatic heterocycles. The molecule has 0 aromatic carbocycles. The number of fused-ring (bicyclic) bond motifs is 1. The fourth-order valence-corrected chi connectivity index (χ4v) is 3.44. The summed E-state index contributed by atoms with van der Waals surface area (Å²) in [5.41, 5.74) is 5.78. The van der Waals surface area contributed by atoms with Crippen LogP contribution in [0.4, 0.5) is 0 Å². The molecule has 0 atom stereocenters. The van der Waals surface area contributed by atoms with Crippen molar-refractivity contribution in [3.05, 3.63) is 52.6 Å². The molecule has 0 saturated heterocycles. The fraction of sp³-hybridized carbons (Fsp3) is 0.450. The summed E-state index contributed by atoms with van der Waals surface area (Å²) >= 11 is 0. The number of aromatic nitrogens is 4. The normalized spacial score (nSPS) is 11.5. The Morgan fingerprint density at radius 3 is 2.62 bits per heavy atom. The maximum absolute atomic E-state index is 13.4. The van der Waals surface area contributed by atoms with E-state index in [9.17, 15) is 4.79 Å². The zero-order valence-corrected chi connectivity index (χ0v) is 16.4. The third-order valence-corrected chi connectivity index (χ3v) is 4.85. The van der Waals surface area contributed by atoms with Crippen LogP contribution in [0.15, 0.2) is 24.5 Å². The molecule has 6 heteroatoms. The molecule has 26 heavy (non-hydrogen) atoms. The van der Waals surface area contributed by atoms with E-state index >= 15 is 0 Å². The van der Waals surface area contributed by atoms with Crippen molar-refractivity contribution in [1.29, 1.82) is 0 Å². The summed E-state index contributed by atoms with van der Waals surface area (Å²) in [5.74, 6) is 0.393. The van der Waals surface area contributed by atoms with Gasteiger partial charge in [0, 0.05) is 37.6 Å². The van der Waals surface area contributed by atoms with E-state index in [1.807, 2.05) is 55.7 Å². The molecule has 0 aliphatic rings. The second-order valence-electron chi connectivity index (χ2n) is 7.40. The van der Waals surface area contributed by atoms with E-state index in [0.29, 0.717) is 24.6 Å². The Hall–Kier alpha value is -2.63. The molecule has 3 heterocycles. The van der Waals surface area contributed by atoms with Crippen LogP contribution in [0.3, 0.4) is 0 Å². The first-order chi connectivity index (χ1) is 12.3. The Bertz CT molecular complexity index is 951. The van der Waals surface area contributed by atoms with Gasteiger partial charge in [0.2, 0.25) is 0 Å². The summed E-state index contributed by atoms with van der Waals surface area (Å²) in [4.78, 5) is 15.3. The smallest absolute Gasteiger partial charge is 0.258 e. The van der Waals surface area contributed by atoms with Crippen molar-refractivity contribution in [2.75, 3.05) is 6.54 Å². The SMILES string of the molecule is Cc1nn(C)c(C)c1CN(CC(C)C)C(=O)c1cnn2cccc(C)c12. The Kier molecular flexibility index (Phi) is 4.85. The van der Waals surface area contributed by atoms with Gasteiger partial charge in [-0.05, 0) is 38.3 Å². The zero-order chi connectivity index (χ0) is 19.0. The van der Waals surface area contributed by atoms with Crippen LogP contribution in [-0.2, 0) is 13.6 Å². The van der Waals surface area contributed by atoms with Crippen molar-refractivity contribution in [2.45, 2.75) is 41.2 Å². The Balaban J connectivity index is 2.00. The van der Waals surface area contributed by atoms with Gasteiger partial charge in [0.05, 0.1) is 23.0 Å². The molecular weight excluding hydrogens is 326 g/mol. The first-order valence-corrected chi connectivity index (χ1v) is 9.01. The minimum absolute atomic E-state index is 0.0191. The van der Waals surface area contributed by atoms with Crippen LogP contribution in [0.2, 0.25) is 0 Å². The highest BCUT2D eigenvalue weighted by Crippen LogP contribution is 2.21. The van der Waals surface area contributed by atoms with Crippen molar-refractivity contribution >= 4 is 11.4 Å². The van der Waals surface area contributed by atoms with Crippen molar-refractivity contribution < 1.29 is 4.79 Å². The summed E-state index contributed by atoms with van der Waals surface area (Å²) < 4.78 is 3.65. The van der Waals surface area contributed by atoms with Crippen LogP contribution < -0.4 is 0 Å². The number of aryl methyl sites for hydroxylation is 3. The van der Waals surface area contributed by atoms with Crippen LogP contribution in [0.25, 0.3) is 5.52 Å². The molecule has 3 rings (SSSR count). The number of carbonyl (C=O) groups excluding carboxylic acids is 1. The predicted octanol–water partition coefficient (Wildman–Crippen LogP) is 3.29. The van der Waals surface area contributed by atoms with Gasteiger partial charge >= 0.3 is 0 Å². The largest absolute Gasteiger partial charge is 0.334 e. The number of pyridine rings is 1. The van der Waals surface area contributed by atoms with Gasteiger partial charge in [-0.1, -0.05) is 19.9 Å². The van der Waals surface area contributed by atoms with Gasteiger partial charge < -0.3 is 4.90 Å². The van der Waals surface area contributed by atoms with Gasteiger partial charge in [-0.2, -0.15) is 10.2 Å². The van der Waals surface area contributed by atoms with Crippen LogP contribution in [0, 0.1) is 26.7 Å². The van der Waals surface area contributed by atoms with Crippen molar-refractivity contribution in [2.24, 2.45) is 13.0 Å². The summed E-state index contributed by atoms with van der Waals surface area (Å²) in [6.45, 7) is 11.6. The molecule has 0 fully saturated rings.